The van der Waals surface area contributed by atoms with E-state index in [0.717, 1.165) is 51.4 Å². The first kappa shape index (κ1) is 26.4. The van der Waals surface area contributed by atoms with Gasteiger partial charge in [-0.15, -0.1) is 0 Å². The Morgan fingerprint density at radius 1 is 1.03 bits per heavy atom. The van der Waals surface area contributed by atoms with Gasteiger partial charge in [-0.05, 0) is 104 Å². The van der Waals surface area contributed by atoms with Crippen LogP contribution >= 0.6 is 0 Å². The van der Waals surface area contributed by atoms with Crippen LogP contribution in [0.25, 0.3) is 0 Å². The third kappa shape index (κ3) is 4.94. The molecule has 0 saturated heterocycles. The topological polar surface area (TPSA) is 124 Å². The zero-order valence-electron chi connectivity index (χ0n) is 21.1. The molecule has 0 radical (unpaired) electrons. The average molecular weight is 500 g/mol. The van der Waals surface area contributed by atoms with Gasteiger partial charge in [-0.1, -0.05) is 20.8 Å². The summed E-state index contributed by atoms with van der Waals surface area (Å²) >= 11 is 0. The standard InChI is InChI=1S/C26H45NO6S/c1-16(4-7-23(30)27-12-13-34(31,32)33)19-5-6-20-24-21(9-11-26(19,20)3)25(2)10-8-18(28)14-17(25)15-22(24)29/h16-22,24,28-29H,4-15H2,1-3H3,(H,27,30)(H,31,32,33)/t16-,17-,18-,19-,20+,21-,22-,24-,25+,26-/m1/s1. The Balaban J connectivity index is 1.39. The third-order valence-electron chi connectivity index (χ3n) is 10.9. The average Bonchev–Trinajstić information content (AvgIpc) is 3.09. The largest absolute Gasteiger partial charge is 0.393 e. The highest BCUT2D eigenvalue weighted by Crippen LogP contribution is 2.68. The van der Waals surface area contributed by atoms with Crippen molar-refractivity contribution in [3.05, 3.63) is 0 Å². The third-order valence-corrected chi connectivity index (χ3v) is 11.6. The summed E-state index contributed by atoms with van der Waals surface area (Å²) < 4.78 is 30.5. The molecule has 0 aliphatic heterocycles. The van der Waals surface area contributed by atoms with E-state index in [1.807, 2.05) is 0 Å². The van der Waals surface area contributed by atoms with Gasteiger partial charge in [0.2, 0.25) is 5.91 Å². The van der Waals surface area contributed by atoms with E-state index in [4.69, 9.17) is 4.55 Å². The van der Waals surface area contributed by atoms with Gasteiger partial charge >= 0.3 is 0 Å². The Morgan fingerprint density at radius 2 is 1.71 bits per heavy atom. The molecule has 8 heteroatoms. The summed E-state index contributed by atoms with van der Waals surface area (Å²) in [5.41, 5.74) is 0.411. The summed E-state index contributed by atoms with van der Waals surface area (Å²) in [5.74, 6) is 2.10. The van der Waals surface area contributed by atoms with E-state index < -0.39 is 15.9 Å². The maximum atomic E-state index is 12.2. The molecule has 4 fully saturated rings. The van der Waals surface area contributed by atoms with Crippen molar-refractivity contribution in [2.45, 2.75) is 97.2 Å². The van der Waals surface area contributed by atoms with Gasteiger partial charge in [0.05, 0.1) is 18.0 Å². The van der Waals surface area contributed by atoms with Crippen molar-refractivity contribution in [2.24, 2.45) is 46.3 Å². The lowest BCUT2D eigenvalue weighted by Crippen LogP contribution is -2.58. The number of aliphatic hydroxyl groups excluding tert-OH is 2. The Labute approximate surface area is 205 Å². The first-order valence-electron chi connectivity index (χ1n) is 13.4. The van der Waals surface area contributed by atoms with Crippen LogP contribution in [0, 0.1) is 46.3 Å². The fraction of sp³-hybridized carbons (Fsp3) is 0.962. The second-order valence-corrected chi connectivity index (χ2v) is 14.2. The number of amides is 1. The lowest BCUT2D eigenvalue weighted by molar-refractivity contribution is -0.174. The molecule has 34 heavy (non-hydrogen) atoms. The second kappa shape index (κ2) is 9.64. The van der Waals surface area contributed by atoms with Gasteiger partial charge in [0, 0.05) is 13.0 Å². The van der Waals surface area contributed by atoms with Crippen molar-refractivity contribution < 1.29 is 28.0 Å². The molecule has 7 nitrogen and oxygen atoms in total. The molecule has 4 aliphatic rings. The number of rotatable bonds is 7. The van der Waals surface area contributed by atoms with Gasteiger partial charge in [-0.3, -0.25) is 9.35 Å². The molecule has 0 bridgehead atoms. The smallest absolute Gasteiger partial charge is 0.266 e. The quantitative estimate of drug-likeness (QED) is 0.398. The van der Waals surface area contributed by atoms with Crippen molar-refractivity contribution in [3.8, 4) is 0 Å². The molecule has 196 valence electrons. The number of hydrogen-bond acceptors (Lipinski definition) is 5. The van der Waals surface area contributed by atoms with Crippen molar-refractivity contribution >= 4 is 16.0 Å². The Kier molecular flexibility index (Phi) is 7.47. The van der Waals surface area contributed by atoms with Crippen LogP contribution in [0.2, 0.25) is 0 Å². The predicted molar refractivity (Wildman–Crippen MR) is 130 cm³/mol. The molecule has 1 amide bonds. The zero-order valence-corrected chi connectivity index (χ0v) is 21.9. The molecular formula is C26H45NO6S. The van der Waals surface area contributed by atoms with Crippen molar-refractivity contribution in [1.82, 2.24) is 5.32 Å². The molecule has 4 aliphatic carbocycles. The lowest BCUT2D eigenvalue weighted by atomic mass is 9.43. The van der Waals surface area contributed by atoms with Crippen LogP contribution in [-0.4, -0.2) is 53.6 Å². The highest BCUT2D eigenvalue weighted by Gasteiger charge is 2.62. The van der Waals surface area contributed by atoms with E-state index in [1.54, 1.807) is 0 Å². The van der Waals surface area contributed by atoms with Crippen LogP contribution in [0.15, 0.2) is 0 Å². The molecule has 10 atom stereocenters. The van der Waals surface area contributed by atoms with Crippen LogP contribution in [0.1, 0.15) is 85.0 Å². The SMILES string of the molecule is C[C@H](CCC(=O)NCCS(=O)(=O)O)[C@H]1CC[C@H]2[C@H]3[C@H](O)C[C@H]4C[C@H](O)CC[C@]4(C)[C@@H]3CC[C@]12C. The lowest BCUT2D eigenvalue weighted by Gasteiger charge is -2.62. The van der Waals surface area contributed by atoms with E-state index in [-0.39, 0.29) is 35.5 Å². The number of nitrogens with one attached hydrogen (secondary N) is 1. The summed E-state index contributed by atoms with van der Waals surface area (Å²) in [6.07, 6.45) is 8.87. The molecule has 4 rings (SSSR count). The minimum Gasteiger partial charge on any atom is -0.393 e. The summed E-state index contributed by atoms with van der Waals surface area (Å²) in [7, 11) is -4.06. The van der Waals surface area contributed by atoms with E-state index >= 15 is 0 Å². The highest BCUT2D eigenvalue weighted by atomic mass is 32.2. The molecule has 0 aromatic heterocycles. The monoisotopic (exact) mass is 499 g/mol. The van der Waals surface area contributed by atoms with Gasteiger partial charge in [0.25, 0.3) is 10.1 Å². The van der Waals surface area contributed by atoms with Crippen LogP contribution in [0.5, 0.6) is 0 Å². The molecule has 4 N–H and O–H groups in total. The van der Waals surface area contributed by atoms with Crippen molar-refractivity contribution in [3.63, 3.8) is 0 Å². The Hall–Kier alpha value is -0.700. The summed E-state index contributed by atoms with van der Waals surface area (Å²) in [5, 5.41) is 24.2. The van der Waals surface area contributed by atoms with Gasteiger partial charge in [-0.2, -0.15) is 8.42 Å². The fourth-order valence-corrected chi connectivity index (χ4v) is 9.50. The number of carbonyl (C=O) groups is 1. The minimum absolute atomic E-state index is 0.0625. The highest BCUT2D eigenvalue weighted by molar-refractivity contribution is 7.85. The van der Waals surface area contributed by atoms with Crippen LogP contribution in [0.3, 0.4) is 0 Å². The molecule has 0 unspecified atom stereocenters. The van der Waals surface area contributed by atoms with E-state index in [2.05, 4.69) is 26.1 Å². The number of aliphatic hydroxyl groups is 2. The number of carbonyl (C=O) groups excluding carboxylic acids is 1. The fourth-order valence-electron chi connectivity index (χ4n) is 9.14. The Bertz CT molecular complexity index is 863. The van der Waals surface area contributed by atoms with Crippen LogP contribution in [0.4, 0.5) is 0 Å². The molecule has 0 spiro atoms. The molecular weight excluding hydrogens is 454 g/mol. The van der Waals surface area contributed by atoms with Crippen LogP contribution < -0.4 is 5.32 Å². The maximum absolute atomic E-state index is 12.2. The van der Waals surface area contributed by atoms with Gasteiger partial charge in [0.1, 0.15) is 0 Å². The second-order valence-electron chi connectivity index (χ2n) is 12.6. The van der Waals surface area contributed by atoms with Gasteiger partial charge < -0.3 is 15.5 Å². The first-order chi connectivity index (χ1) is 15.8. The molecule has 0 aromatic rings. The van der Waals surface area contributed by atoms with E-state index in [1.165, 1.54) is 6.42 Å². The van der Waals surface area contributed by atoms with Crippen LogP contribution in [-0.2, 0) is 14.9 Å². The number of fused-ring (bicyclic) bond motifs is 5. The minimum atomic E-state index is -4.06. The van der Waals surface area contributed by atoms with Crippen molar-refractivity contribution in [1.29, 1.82) is 0 Å². The zero-order chi connectivity index (χ0) is 24.9. The summed E-state index contributed by atoms with van der Waals surface area (Å²) in [4.78, 5) is 12.2. The predicted octanol–water partition coefficient (Wildman–Crippen LogP) is 3.40. The normalized spacial score (nSPS) is 45.1. The number of hydrogen-bond donors (Lipinski definition) is 4. The summed E-state index contributed by atoms with van der Waals surface area (Å²) in [6.45, 7) is 7.05. The molecule has 4 saturated carbocycles. The summed E-state index contributed by atoms with van der Waals surface area (Å²) in [6, 6.07) is 0. The van der Waals surface area contributed by atoms with E-state index in [0.29, 0.717) is 41.9 Å². The van der Waals surface area contributed by atoms with E-state index in [9.17, 15) is 23.4 Å². The van der Waals surface area contributed by atoms with Crippen molar-refractivity contribution in [2.75, 3.05) is 12.3 Å². The molecule has 0 heterocycles. The Morgan fingerprint density at radius 3 is 2.41 bits per heavy atom. The molecule has 0 aromatic carbocycles. The maximum Gasteiger partial charge on any atom is 0.266 e. The first-order valence-corrected chi connectivity index (χ1v) is 15.0. The van der Waals surface area contributed by atoms with Gasteiger partial charge in [-0.25, -0.2) is 0 Å². The van der Waals surface area contributed by atoms with Gasteiger partial charge in [0.15, 0.2) is 0 Å².